The largest absolute Gasteiger partial charge is 0.322 e. The molecule has 0 atom stereocenters. The van der Waals surface area contributed by atoms with Crippen molar-refractivity contribution in [1.82, 2.24) is 0 Å². The molecule has 0 bridgehead atoms. The maximum Gasteiger partial charge on any atom is 0.282 e. The van der Waals surface area contributed by atoms with Crippen LogP contribution in [0.2, 0.25) is 0 Å². The molecule has 0 fully saturated rings. The van der Waals surface area contributed by atoms with E-state index in [-0.39, 0.29) is 5.90 Å². The molecule has 0 aliphatic rings. The number of hydrogen-bond donors (Lipinski definition) is 1. The van der Waals surface area contributed by atoms with E-state index in [0.717, 1.165) is 12.8 Å². The van der Waals surface area contributed by atoms with Crippen molar-refractivity contribution < 1.29 is 9.39 Å². The van der Waals surface area contributed by atoms with Gasteiger partial charge in [0.1, 0.15) is 0 Å². The number of rotatable bonds is 4. The van der Waals surface area contributed by atoms with Gasteiger partial charge in [-0.3, -0.25) is 5.11 Å². The summed E-state index contributed by atoms with van der Waals surface area (Å²) in [6, 6.07) is 0. The van der Waals surface area contributed by atoms with Crippen molar-refractivity contribution in [2.24, 2.45) is 5.16 Å². The van der Waals surface area contributed by atoms with E-state index in [0.29, 0.717) is 6.42 Å². The molecule has 3 nitrogen and oxygen atoms in total. The molecular weight excluding hydrogens is 138 g/mol. The van der Waals surface area contributed by atoms with Crippen LogP contribution in [0, 0.1) is 0 Å². The SMILES string of the molecule is CCCCC([O])=NOS. The van der Waals surface area contributed by atoms with E-state index >= 15 is 0 Å². The molecule has 0 N–H and O–H groups in total. The molecule has 0 rings (SSSR count). The highest BCUT2D eigenvalue weighted by atomic mass is 32.1. The first-order valence-corrected chi connectivity index (χ1v) is 3.22. The molecule has 0 unspecified atom stereocenters. The van der Waals surface area contributed by atoms with Crippen LogP contribution in [0.4, 0.5) is 0 Å². The first-order chi connectivity index (χ1) is 4.31. The summed E-state index contributed by atoms with van der Waals surface area (Å²) in [6.07, 6.45) is 2.31. The quantitative estimate of drug-likeness (QED) is 0.213. The average molecular weight is 148 g/mol. The fraction of sp³-hybridized carbons (Fsp3) is 0.800. The van der Waals surface area contributed by atoms with Crippen molar-refractivity contribution in [3.05, 3.63) is 0 Å². The van der Waals surface area contributed by atoms with Crippen molar-refractivity contribution in [2.75, 3.05) is 0 Å². The Labute approximate surface area is 60.3 Å². The summed E-state index contributed by atoms with van der Waals surface area (Å²) in [4.78, 5) is 0. The van der Waals surface area contributed by atoms with Crippen LogP contribution in [0.1, 0.15) is 26.2 Å². The van der Waals surface area contributed by atoms with Gasteiger partial charge in [-0.1, -0.05) is 13.3 Å². The third kappa shape index (κ3) is 5.49. The van der Waals surface area contributed by atoms with Crippen molar-refractivity contribution in [3.8, 4) is 0 Å². The fourth-order valence-electron chi connectivity index (χ4n) is 0.419. The van der Waals surface area contributed by atoms with Gasteiger partial charge in [0.05, 0.1) is 12.9 Å². The minimum Gasteiger partial charge on any atom is -0.322 e. The number of unbranched alkanes of at least 4 members (excludes halogenated alkanes) is 1. The molecule has 0 aromatic carbocycles. The Morgan fingerprint density at radius 3 is 2.89 bits per heavy atom. The number of hydrogen-bond acceptors (Lipinski definition) is 3. The van der Waals surface area contributed by atoms with Gasteiger partial charge >= 0.3 is 0 Å². The highest BCUT2D eigenvalue weighted by Gasteiger charge is 1.95. The summed E-state index contributed by atoms with van der Waals surface area (Å²) in [7, 11) is 0. The van der Waals surface area contributed by atoms with E-state index in [1.165, 1.54) is 0 Å². The molecule has 0 amide bonds. The number of oxime groups is 1. The summed E-state index contributed by atoms with van der Waals surface area (Å²) in [5.41, 5.74) is 0. The van der Waals surface area contributed by atoms with Crippen LogP contribution in [0.15, 0.2) is 5.16 Å². The Kier molecular flexibility index (Phi) is 5.51. The van der Waals surface area contributed by atoms with Crippen molar-refractivity contribution in [3.63, 3.8) is 0 Å². The third-order valence-corrected chi connectivity index (χ3v) is 0.968. The van der Waals surface area contributed by atoms with Gasteiger partial charge < -0.3 is 4.28 Å². The van der Waals surface area contributed by atoms with Crippen LogP contribution in [0.3, 0.4) is 0 Å². The summed E-state index contributed by atoms with van der Waals surface area (Å²) in [6.45, 7) is 2.01. The molecule has 0 heterocycles. The molecule has 0 spiro atoms. The lowest BCUT2D eigenvalue weighted by molar-refractivity contribution is 0.340. The van der Waals surface area contributed by atoms with E-state index in [9.17, 15) is 5.11 Å². The molecule has 0 aromatic heterocycles. The fourth-order valence-corrected chi connectivity index (χ4v) is 0.510. The normalized spacial score (nSPS) is 11.6. The second-order valence-electron chi connectivity index (χ2n) is 1.67. The molecule has 0 aliphatic heterocycles. The zero-order valence-corrected chi connectivity index (χ0v) is 6.23. The van der Waals surface area contributed by atoms with E-state index in [1.807, 2.05) is 6.92 Å². The zero-order chi connectivity index (χ0) is 7.11. The van der Waals surface area contributed by atoms with Gasteiger partial charge in [-0.2, -0.15) is 0 Å². The van der Waals surface area contributed by atoms with Gasteiger partial charge in [-0.15, -0.1) is 0 Å². The lowest BCUT2D eigenvalue weighted by Crippen LogP contribution is -1.92. The lowest BCUT2D eigenvalue weighted by atomic mass is 10.2. The minimum absolute atomic E-state index is 0.244. The Hall–Kier alpha value is -0.380. The maximum absolute atomic E-state index is 10.5. The predicted octanol–water partition coefficient (Wildman–Crippen LogP) is 1.78. The standard InChI is InChI=1S/C5H10NO2S/c1-2-3-4-5(7)6-8-9/h9H,2-4H2,1H3. The monoisotopic (exact) mass is 148 g/mol. The molecule has 9 heavy (non-hydrogen) atoms. The van der Waals surface area contributed by atoms with Crippen LogP contribution in [-0.4, -0.2) is 5.90 Å². The molecule has 4 heteroatoms. The highest BCUT2D eigenvalue weighted by Crippen LogP contribution is 1.96. The van der Waals surface area contributed by atoms with Gasteiger partial charge in [0.15, 0.2) is 0 Å². The van der Waals surface area contributed by atoms with Crippen LogP contribution >= 0.6 is 12.9 Å². The van der Waals surface area contributed by atoms with Crippen molar-refractivity contribution in [2.45, 2.75) is 26.2 Å². The van der Waals surface area contributed by atoms with E-state index in [1.54, 1.807) is 0 Å². The zero-order valence-electron chi connectivity index (χ0n) is 5.33. The highest BCUT2D eigenvalue weighted by molar-refractivity contribution is 7.75. The summed E-state index contributed by atoms with van der Waals surface area (Å²) in [5, 5.41) is 13.5. The topological polar surface area (TPSA) is 41.5 Å². The van der Waals surface area contributed by atoms with Crippen LogP contribution in [-0.2, 0) is 9.39 Å². The van der Waals surface area contributed by atoms with Crippen molar-refractivity contribution >= 4 is 18.8 Å². The Bertz CT molecular complexity index is 95.0. The lowest BCUT2D eigenvalue weighted by Gasteiger charge is -1.89. The second kappa shape index (κ2) is 5.75. The first kappa shape index (κ1) is 8.62. The van der Waals surface area contributed by atoms with Crippen LogP contribution < -0.4 is 0 Å². The first-order valence-electron chi connectivity index (χ1n) is 2.85. The second-order valence-corrected chi connectivity index (χ2v) is 1.83. The molecule has 53 valence electrons. The maximum atomic E-state index is 10.5. The van der Waals surface area contributed by atoms with Gasteiger partial charge in [0.25, 0.3) is 5.90 Å². The van der Waals surface area contributed by atoms with E-state index in [2.05, 4.69) is 22.3 Å². The smallest absolute Gasteiger partial charge is 0.282 e. The molecule has 0 saturated heterocycles. The minimum atomic E-state index is -0.244. The predicted molar refractivity (Wildman–Crippen MR) is 37.7 cm³/mol. The third-order valence-electron chi connectivity index (χ3n) is 0.887. The van der Waals surface area contributed by atoms with Gasteiger partial charge in [-0.25, -0.2) is 0 Å². The molecule has 0 aromatic rings. The Balaban J connectivity index is 3.25. The van der Waals surface area contributed by atoms with Gasteiger partial charge in [0.2, 0.25) is 0 Å². The molecular formula is C5H10NO2S. The number of thiol groups is 1. The molecule has 0 saturated carbocycles. The summed E-state index contributed by atoms with van der Waals surface area (Å²) >= 11 is 3.29. The molecule has 1 radical (unpaired) electrons. The Morgan fingerprint density at radius 2 is 2.44 bits per heavy atom. The van der Waals surface area contributed by atoms with E-state index in [4.69, 9.17) is 0 Å². The average Bonchev–Trinajstić information content (AvgIpc) is 1.85. The van der Waals surface area contributed by atoms with Crippen LogP contribution in [0.25, 0.3) is 0 Å². The summed E-state index contributed by atoms with van der Waals surface area (Å²) in [5.74, 6) is -0.244. The van der Waals surface area contributed by atoms with Gasteiger partial charge in [-0.05, 0) is 11.6 Å². The summed E-state index contributed by atoms with van der Waals surface area (Å²) < 4.78 is 3.97. The Morgan fingerprint density at radius 1 is 1.78 bits per heavy atom. The van der Waals surface area contributed by atoms with Gasteiger partial charge in [0, 0.05) is 6.42 Å². The molecule has 0 aliphatic carbocycles. The number of nitrogens with zero attached hydrogens (tertiary/aromatic N) is 1. The van der Waals surface area contributed by atoms with E-state index < -0.39 is 0 Å². The van der Waals surface area contributed by atoms with Crippen LogP contribution in [0.5, 0.6) is 0 Å². The van der Waals surface area contributed by atoms with Crippen molar-refractivity contribution in [1.29, 1.82) is 0 Å².